The number of thiophene rings is 1. The first-order chi connectivity index (χ1) is 9.70. The van der Waals surface area contributed by atoms with E-state index in [1.165, 1.54) is 43.0 Å². The van der Waals surface area contributed by atoms with Gasteiger partial charge in [-0.25, -0.2) is 0 Å². The lowest BCUT2D eigenvalue weighted by atomic mass is 9.47. The van der Waals surface area contributed by atoms with Crippen LogP contribution in [-0.4, -0.2) is 6.54 Å². The van der Waals surface area contributed by atoms with Gasteiger partial charge < -0.3 is 5.32 Å². The second-order valence-corrected chi connectivity index (χ2v) is 9.21. The molecule has 4 bridgehead atoms. The summed E-state index contributed by atoms with van der Waals surface area (Å²) >= 11 is 5.72. The molecule has 1 heterocycles. The smallest absolute Gasteiger partial charge is 0.0483 e. The summed E-state index contributed by atoms with van der Waals surface area (Å²) in [6.45, 7) is 3.34. The fourth-order valence-electron chi connectivity index (χ4n) is 5.83. The summed E-state index contributed by atoms with van der Waals surface area (Å²) in [7, 11) is 0. The Labute approximate surface area is 134 Å². The Morgan fingerprint density at radius 3 is 2.30 bits per heavy atom. The standard InChI is InChI=1S/C17H24BrNS/c1-2-19-16(15-14(18)3-4-20-15)17-8-11-5-12(9-17)7-13(6-11)10-17/h3-4,11-13,16,19H,2,5-10H2,1H3. The average molecular weight is 354 g/mol. The molecule has 4 aliphatic carbocycles. The van der Waals surface area contributed by atoms with Gasteiger partial charge in [0, 0.05) is 15.4 Å². The first-order valence-electron chi connectivity index (χ1n) is 8.16. The fourth-order valence-corrected chi connectivity index (χ4v) is 7.65. The fraction of sp³-hybridized carbons (Fsp3) is 0.765. The van der Waals surface area contributed by atoms with Crippen molar-refractivity contribution in [3.8, 4) is 0 Å². The van der Waals surface area contributed by atoms with Crippen molar-refractivity contribution in [2.75, 3.05) is 6.54 Å². The molecule has 1 aromatic heterocycles. The monoisotopic (exact) mass is 353 g/mol. The lowest BCUT2D eigenvalue weighted by molar-refractivity contribution is -0.0740. The van der Waals surface area contributed by atoms with Crippen LogP contribution in [-0.2, 0) is 0 Å². The largest absolute Gasteiger partial charge is 0.309 e. The van der Waals surface area contributed by atoms with E-state index in [1.807, 2.05) is 11.3 Å². The Balaban J connectivity index is 1.71. The number of rotatable bonds is 4. The predicted molar refractivity (Wildman–Crippen MR) is 89.0 cm³/mol. The molecule has 0 amide bonds. The van der Waals surface area contributed by atoms with Crippen molar-refractivity contribution in [3.05, 3.63) is 20.8 Å². The van der Waals surface area contributed by atoms with Crippen molar-refractivity contribution in [1.82, 2.24) is 5.32 Å². The molecule has 5 rings (SSSR count). The van der Waals surface area contributed by atoms with E-state index in [0.717, 1.165) is 24.3 Å². The number of halogens is 1. The maximum Gasteiger partial charge on any atom is 0.0483 e. The molecule has 3 heteroatoms. The highest BCUT2D eigenvalue weighted by atomic mass is 79.9. The third kappa shape index (κ3) is 2.12. The van der Waals surface area contributed by atoms with Gasteiger partial charge in [0.05, 0.1) is 0 Å². The zero-order chi connectivity index (χ0) is 13.7. The Morgan fingerprint density at radius 2 is 1.85 bits per heavy atom. The molecule has 4 saturated carbocycles. The number of nitrogens with one attached hydrogen (secondary N) is 1. The second-order valence-electron chi connectivity index (χ2n) is 7.40. The van der Waals surface area contributed by atoms with E-state index in [1.54, 1.807) is 4.88 Å². The van der Waals surface area contributed by atoms with Gasteiger partial charge in [0.25, 0.3) is 0 Å². The van der Waals surface area contributed by atoms with Crippen LogP contribution < -0.4 is 5.32 Å². The highest BCUT2D eigenvalue weighted by molar-refractivity contribution is 9.10. The van der Waals surface area contributed by atoms with Gasteiger partial charge in [0.1, 0.15) is 0 Å². The molecular weight excluding hydrogens is 330 g/mol. The Kier molecular flexibility index (Phi) is 3.51. The highest BCUT2D eigenvalue weighted by Crippen LogP contribution is 2.64. The molecule has 110 valence electrons. The van der Waals surface area contributed by atoms with E-state index >= 15 is 0 Å². The van der Waals surface area contributed by atoms with Gasteiger partial charge in [-0.3, -0.25) is 0 Å². The van der Waals surface area contributed by atoms with Gasteiger partial charge in [-0.05, 0) is 95.6 Å². The van der Waals surface area contributed by atoms with Crippen LogP contribution in [0.2, 0.25) is 0 Å². The Hall–Kier alpha value is 0.140. The average Bonchev–Trinajstić information content (AvgIpc) is 2.80. The van der Waals surface area contributed by atoms with Crippen LogP contribution >= 0.6 is 27.3 Å². The third-order valence-corrected chi connectivity index (χ3v) is 7.95. The van der Waals surface area contributed by atoms with Crippen LogP contribution in [0.25, 0.3) is 0 Å². The highest BCUT2D eigenvalue weighted by Gasteiger charge is 2.54. The molecule has 0 saturated heterocycles. The molecule has 4 fully saturated rings. The third-order valence-electron chi connectivity index (χ3n) is 6.01. The maximum absolute atomic E-state index is 3.86. The maximum atomic E-state index is 3.86. The number of hydrogen-bond acceptors (Lipinski definition) is 2. The molecule has 0 spiro atoms. The zero-order valence-corrected chi connectivity index (χ0v) is 14.6. The van der Waals surface area contributed by atoms with Crippen molar-refractivity contribution >= 4 is 27.3 Å². The zero-order valence-electron chi connectivity index (χ0n) is 12.2. The van der Waals surface area contributed by atoms with E-state index in [-0.39, 0.29) is 0 Å². The summed E-state index contributed by atoms with van der Waals surface area (Å²) < 4.78 is 1.32. The predicted octanol–water partition coefficient (Wildman–Crippen LogP) is 5.38. The molecule has 0 aromatic carbocycles. The van der Waals surface area contributed by atoms with E-state index in [4.69, 9.17) is 0 Å². The molecule has 20 heavy (non-hydrogen) atoms. The van der Waals surface area contributed by atoms with Gasteiger partial charge >= 0.3 is 0 Å². The van der Waals surface area contributed by atoms with Crippen molar-refractivity contribution in [1.29, 1.82) is 0 Å². The summed E-state index contributed by atoms with van der Waals surface area (Å²) in [5.74, 6) is 3.09. The molecule has 1 atom stereocenters. The summed E-state index contributed by atoms with van der Waals surface area (Å²) in [5, 5.41) is 6.10. The van der Waals surface area contributed by atoms with Crippen LogP contribution in [0.3, 0.4) is 0 Å². The van der Waals surface area contributed by atoms with Gasteiger partial charge in [0.15, 0.2) is 0 Å². The first-order valence-corrected chi connectivity index (χ1v) is 9.84. The van der Waals surface area contributed by atoms with E-state index in [2.05, 4.69) is 39.6 Å². The minimum Gasteiger partial charge on any atom is -0.309 e. The van der Waals surface area contributed by atoms with Gasteiger partial charge in [0.2, 0.25) is 0 Å². The normalized spacial score (nSPS) is 40.2. The summed E-state index contributed by atoms with van der Waals surface area (Å²) in [6.07, 6.45) is 9.01. The lowest BCUT2D eigenvalue weighted by Crippen LogP contribution is -2.51. The molecule has 0 aliphatic heterocycles. The summed E-state index contributed by atoms with van der Waals surface area (Å²) in [6, 6.07) is 2.81. The second kappa shape index (κ2) is 5.10. The van der Waals surface area contributed by atoms with Crippen LogP contribution in [0.4, 0.5) is 0 Å². The molecule has 1 unspecified atom stereocenters. The van der Waals surface area contributed by atoms with E-state index < -0.39 is 0 Å². The molecule has 1 aromatic rings. The van der Waals surface area contributed by atoms with E-state index in [0.29, 0.717) is 11.5 Å². The van der Waals surface area contributed by atoms with Gasteiger partial charge in [-0.2, -0.15) is 0 Å². The minimum atomic E-state index is 0.554. The molecule has 0 radical (unpaired) electrons. The van der Waals surface area contributed by atoms with E-state index in [9.17, 15) is 0 Å². The van der Waals surface area contributed by atoms with Crippen molar-refractivity contribution in [2.45, 2.75) is 51.5 Å². The minimum absolute atomic E-state index is 0.554. The molecule has 1 N–H and O–H groups in total. The van der Waals surface area contributed by atoms with Crippen molar-refractivity contribution in [2.24, 2.45) is 23.2 Å². The van der Waals surface area contributed by atoms with Crippen LogP contribution in [0.1, 0.15) is 56.4 Å². The molecular formula is C17H24BrNS. The Bertz CT molecular complexity index is 460. The van der Waals surface area contributed by atoms with Crippen LogP contribution in [0.5, 0.6) is 0 Å². The lowest BCUT2D eigenvalue weighted by Gasteiger charge is -2.59. The summed E-state index contributed by atoms with van der Waals surface area (Å²) in [4.78, 5) is 1.55. The van der Waals surface area contributed by atoms with Crippen LogP contribution in [0.15, 0.2) is 15.9 Å². The molecule has 1 nitrogen and oxygen atoms in total. The summed E-state index contributed by atoms with van der Waals surface area (Å²) in [5.41, 5.74) is 0.554. The van der Waals surface area contributed by atoms with Gasteiger partial charge in [-0.15, -0.1) is 11.3 Å². The topological polar surface area (TPSA) is 12.0 Å². The molecule has 4 aliphatic rings. The number of hydrogen-bond donors (Lipinski definition) is 1. The first kappa shape index (κ1) is 13.8. The van der Waals surface area contributed by atoms with Crippen molar-refractivity contribution < 1.29 is 0 Å². The quantitative estimate of drug-likeness (QED) is 0.766. The van der Waals surface area contributed by atoms with Crippen molar-refractivity contribution in [3.63, 3.8) is 0 Å². The SMILES string of the molecule is CCNC(c1sccc1Br)C12CC3CC(CC(C3)C1)C2. The Morgan fingerprint density at radius 1 is 1.25 bits per heavy atom. The van der Waals surface area contributed by atoms with Gasteiger partial charge in [-0.1, -0.05) is 6.92 Å². The van der Waals surface area contributed by atoms with Crippen LogP contribution in [0, 0.1) is 23.2 Å².